The molecule has 4 amide bonds. The van der Waals surface area contributed by atoms with Gasteiger partial charge in [-0.05, 0) is 30.7 Å². The number of benzene rings is 2. The molecule has 4 N–H and O–H groups in total. The molecule has 17 heteroatoms. The molecule has 45 heavy (non-hydrogen) atoms. The van der Waals surface area contributed by atoms with E-state index in [1.54, 1.807) is 11.0 Å². The number of halogens is 6. The number of rotatable bonds is 10. The van der Waals surface area contributed by atoms with Crippen LogP contribution in [-0.4, -0.2) is 96.8 Å². The molecule has 0 radical (unpaired) electrons. The van der Waals surface area contributed by atoms with Gasteiger partial charge in [0, 0.05) is 56.4 Å². The third kappa shape index (κ3) is 8.72. The quantitative estimate of drug-likeness (QED) is 0.287. The maximum atomic E-state index is 15.0. The minimum Gasteiger partial charge on any atom is -0.465 e. The van der Waals surface area contributed by atoms with Crippen molar-refractivity contribution in [2.24, 2.45) is 0 Å². The lowest BCUT2D eigenvalue weighted by Gasteiger charge is -2.37. The summed E-state index contributed by atoms with van der Waals surface area (Å²) < 4.78 is 67.7. The third-order valence-electron chi connectivity index (χ3n) is 7.47. The summed E-state index contributed by atoms with van der Waals surface area (Å²) in [5.41, 5.74) is -0.265. The average Bonchev–Trinajstić information content (AvgIpc) is 3.41. The van der Waals surface area contributed by atoms with Crippen molar-refractivity contribution >= 4 is 46.8 Å². The second kappa shape index (κ2) is 14.3. The maximum absolute atomic E-state index is 15.0. The number of carbonyl (C=O) groups excluding carboxylic acids is 3. The molecule has 2 aromatic rings. The Morgan fingerprint density at radius 2 is 1.78 bits per heavy atom. The summed E-state index contributed by atoms with van der Waals surface area (Å²) >= 11 is 6.15. The molecule has 0 saturated carbocycles. The fourth-order valence-electron chi connectivity index (χ4n) is 5.05. The Bertz CT molecular complexity index is 1450. The molecular weight excluding hydrogens is 631 g/mol. The molecule has 0 spiro atoms. The lowest BCUT2D eigenvalue weighted by molar-refractivity contribution is -0.138. The number of nitrogens with one attached hydrogen (secondary N) is 3. The number of hydrogen-bond acceptors (Lipinski definition) is 6. The van der Waals surface area contributed by atoms with Crippen molar-refractivity contribution in [3.05, 3.63) is 58.1 Å². The normalized spacial score (nSPS) is 17.2. The lowest BCUT2D eigenvalue weighted by Crippen LogP contribution is -2.48. The number of hydrogen-bond donors (Lipinski definition) is 4. The Hall–Kier alpha value is -4.18. The van der Waals surface area contributed by atoms with Crippen LogP contribution < -0.4 is 20.9 Å². The Labute approximate surface area is 259 Å². The zero-order chi connectivity index (χ0) is 32.9. The van der Waals surface area contributed by atoms with Crippen LogP contribution in [0.5, 0.6) is 0 Å². The van der Waals surface area contributed by atoms with Crippen molar-refractivity contribution in [2.45, 2.75) is 31.6 Å². The summed E-state index contributed by atoms with van der Waals surface area (Å²) in [6, 6.07) is 5.57. The molecular formula is C28H30ClF5N6O5. The van der Waals surface area contributed by atoms with Crippen LogP contribution in [-0.2, 0) is 16.1 Å². The molecule has 11 nitrogen and oxygen atoms in total. The van der Waals surface area contributed by atoms with E-state index in [0.29, 0.717) is 41.8 Å². The summed E-state index contributed by atoms with van der Waals surface area (Å²) in [5, 5.41) is 17.0. The summed E-state index contributed by atoms with van der Waals surface area (Å²) in [6.45, 7) is 0.223. The maximum Gasteiger partial charge on any atom is 0.408 e. The number of amides is 4. The van der Waals surface area contributed by atoms with Gasteiger partial charge in [-0.3, -0.25) is 24.2 Å². The van der Waals surface area contributed by atoms with E-state index in [1.165, 1.54) is 12.1 Å². The van der Waals surface area contributed by atoms with E-state index in [1.807, 2.05) is 4.90 Å². The van der Waals surface area contributed by atoms with Gasteiger partial charge in [-0.2, -0.15) is 13.2 Å². The number of anilines is 2. The van der Waals surface area contributed by atoms with Crippen LogP contribution in [0.15, 0.2) is 30.3 Å². The molecule has 2 aliphatic rings. The van der Waals surface area contributed by atoms with Gasteiger partial charge in [0.05, 0.1) is 23.4 Å². The zero-order valence-corrected chi connectivity index (χ0v) is 24.5. The van der Waals surface area contributed by atoms with Gasteiger partial charge >= 0.3 is 12.3 Å². The van der Waals surface area contributed by atoms with Gasteiger partial charge in [0.1, 0.15) is 12.6 Å². The number of carboxylic acid groups (broad SMARTS) is 1. The van der Waals surface area contributed by atoms with Crippen molar-refractivity contribution in [3.63, 3.8) is 0 Å². The van der Waals surface area contributed by atoms with Crippen LogP contribution in [0.4, 0.5) is 38.1 Å². The molecule has 1 unspecified atom stereocenters. The number of carbonyl (C=O) groups is 4. The first-order chi connectivity index (χ1) is 21.2. The monoisotopic (exact) mass is 660 g/mol. The highest BCUT2D eigenvalue weighted by molar-refractivity contribution is 6.31. The van der Waals surface area contributed by atoms with Crippen LogP contribution in [0.1, 0.15) is 28.8 Å². The molecule has 2 fully saturated rings. The summed E-state index contributed by atoms with van der Waals surface area (Å²) in [7, 11) is 0. The summed E-state index contributed by atoms with van der Waals surface area (Å²) in [4.78, 5) is 52.9. The van der Waals surface area contributed by atoms with Crippen LogP contribution in [0.2, 0.25) is 5.02 Å². The molecule has 1 atom stereocenters. The Morgan fingerprint density at radius 3 is 2.40 bits per heavy atom. The fourth-order valence-corrected chi connectivity index (χ4v) is 5.22. The largest absolute Gasteiger partial charge is 0.465 e. The molecule has 244 valence electrons. The first-order valence-electron chi connectivity index (χ1n) is 13.9. The second-order valence-corrected chi connectivity index (χ2v) is 10.9. The van der Waals surface area contributed by atoms with Crippen LogP contribution in [0.25, 0.3) is 0 Å². The molecule has 2 heterocycles. The highest BCUT2D eigenvalue weighted by atomic mass is 35.5. The average molecular weight is 661 g/mol. The van der Waals surface area contributed by atoms with Gasteiger partial charge in [0.25, 0.3) is 5.91 Å². The number of piperazine rings is 1. The minimum absolute atomic E-state index is 0.138. The first kappa shape index (κ1) is 33.7. The number of nitrogens with zero attached hydrogens (tertiary/aromatic N) is 3. The van der Waals surface area contributed by atoms with Crippen molar-refractivity contribution in [2.75, 3.05) is 56.0 Å². The van der Waals surface area contributed by atoms with E-state index < -0.39 is 72.7 Å². The molecule has 2 aliphatic heterocycles. The van der Waals surface area contributed by atoms with E-state index in [-0.39, 0.29) is 30.8 Å². The van der Waals surface area contributed by atoms with Crippen LogP contribution >= 0.6 is 11.6 Å². The predicted octanol–water partition coefficient (Wildman–Crippen LogP) is 3.43. The fraction of sp³-hybridized carbons (Fsp3) is 0.429. The summed E-state index contributed by atoms with van der Waals surface area (Å²) in [5.74, 6) is -5.26. The smallest absolute Gasteiger partial charge is 0.408 e. The van der Waals surface area contributed by atoms with Crippen LogP contribution in [0.3, 0.4) is 0 Å². The van der Waals surface area contributed by atoms with Gasteiger partial charge in [-0.15, -0.1) is 0 Å². The Kier molecular flexibility index (Phi) is 10.7. The van der Waals surface area contributed by atoms with E-state index in [9.17, 15) is 41.8 Å². The van der Waals surface area contributed by atoms with Gasteiger partial charge in [0.2, 0.25) is 11.8 Å². The number of alkyl halides is 3. The third-order valence-corrected chi connectivity index (χ3v) is 7.71. The second-order valence-electron chi connectivity index (χ2n) is 10.5. The molecule has 2 saturated heterocycles. The SMILES string of the molecule is O=C(CN(C(=O)O)C1CCNC1=O)NCc1ccc(C(=O)Nc2ccc(Cl)cc2N2CCN(CCC(F)(F)F)CC2)c(F)c1F. The van der Waals surface area contributed by atoms with Crippen molar-refractivity contribution in [3.8, 4) is 0 Å². The van der Waals surface area contributed by atoms with Crippen LogP contribution in [0, 0.1) is 11.6 Å². The van der Waals surface area contributed by atoms with E-state index >= 15 is 4.39 Å². The van der Waals surface area contributed by atoms with Gasteiger partial charge in [-0.1, -0.05) is 17.7 Å². The highest BCUT2D eigenvalue weighted by Crippen LogP contribution is 2.31. The highest BCUT2D eigenvalue weighted by Gasteiger charge is 2.35. The standard InChI is InChI=1S/C28H30ClF5N6O5/c29-17-2-4-19(21(13-17)39-11-9-38(10-12-39)8-6-28(32,33)34)37-25(42)18-3-1-16(23(30)24(18)31)14-36-22(41)15-40(27(44)45)20-5-7-35-26(20)43/h1-4,13,20H,5-12,14-15H2,(H,35,43)(H,36,41)(H,37,42)(H,44,45). The van der Waals surface area contributed by atoms with E-state index in [0.717, 1.165) is 12.1 Å². The predicted molar refractivity (Wildman–Crippen MR) is 153 cm³/mol. The molecule has 0 bridgehead atoms. The van der Waals surface area contributed by atoms with E-state index in [2.05, 4.69) is 16.0 Å². The first-order valence-corrected chi connectivity index (χ1v) is 14.3. The molecule has 2 aromatic carbocycles. The molecule has 0 aliphatic carbocycles. The van der Waals surface area contributed by atoms with Crippen molar-refractivity contribution in [1.29, 1.82) is 0 Å². The Morgan fingerprint density at radius 1 is 1.07 bits per heavy atom. The van der Waals surface area contributed by atoms with Gasteiger partial charge < -0.3 is 26.0 Å². The van der Waals surface area contributed by atoms with E-state index in [4.69, 9.17) is 11.6 Å². The summed E-state index contributed by atoms with van der Waals surface area (Å²) in [6.07, 6.45) is -6.50. The van der Waals surface area contributed by atoms with Gasteiger partial charge in [-0.25, -0.2) is 13.6 Å². The van der Waals surface area contributed by atoms with Crippen molar-refractivity contribution in [1.82, 2.24) is 20.4 Å². The zero-order valence-electron chi connectivity index (χ0n) is 23.7. The Balaban J connectivity index is 1.39. The molecule has 4 rings (SSSR count). The topological polar surface area (TPSA) is 134 Å². The molecule has 0 aromatic heterocycles. The lowest BCUT2D eigenvalue weighted by atomic mass is 10.1. The van der Waals surface area contributed by atoms with Gasteiger partial charge in [0.15, 0.2) is 11.6 Å². The minimum atomic E-state index is -4.26. The van der Waals surface area contributed by atoms with Crippen molar-refractivity contribution < 1.29 is 46.2 Å².